The van der Waals surface area contributed by atoms with E-state index in [4.69, 9.17) is 9.47 Å². The van der Waals surface area contributed by atoms with Crippen molar-refractivity contribution in [2.75, 3.05) is 50.1 Å². The number of hydrogen-bond donors (Lipinski definition) is 1. The number of piperazine rings is 1. The summed E-state index contributed by atoms with van der Waals surface area (Å²) in [6.45, 7) is 2.81. The van der Waals surface area contributed by atoms with E-state index in [2.05, 4.69) is 10.2 Å². The number of anilines is 2. The predicted octanol–water partition coefficient (Wildman–Crippen LogP) is 3.86. The number of ether oxygens (including phenoxy) is 2. The first-order chi connectivity index (χ1) is 16.6. The highest BCUT2D eigenvalue weighted by Gasteiger charge is 2.36. The molecule has 34 heavy (non-hydrogen) atoms. The van der Waals surface area contributed by atoms with E-state index in [1.54, 1.807) is 0 Å². The summed E-state index contributed by atoms with van der Waals surface area (Å²) >= 11 is 0. The molecule has 174 valence electrons. The highest BCUT2D eigenvalue weighted by Crippen LogP contribution is 2.44. The van der Waals surface area contributed by atoms with Crippen LogP contribution in [0.1, 0.15) is 17.0 Å². The van der Waals surface area contributed by atoms with Crippen LogP contribution in [0.2, 0.25) is 0 Å². The maximum atomic E-state index is 13.7. The van der Waals surface area contributed by atoms with Gasteiger partial charge in [-0.3, -0.25) is 9.59 Å². The van der Waals surface area contributed by atoms with Crippen LogP contribution in [0.15, 0.2) is 72.8 Å². The average Bonchev–Trinajstić information content (AvgIpc) is 2.87. The van der Waals surface area contributed by atoms with Gasteiger partial charge in [0.05, 0.1) is 5.92 Å². The third kappa shape index (κ3) is 4.34. The van der Waals surface area contributed by atoms with E-state index in [1.165, 1.54) is 7.11 Å². The van der Waals surface area contributed by atoms with Gasteiger partial charge in [0, 0.05) is 55.8 Å². The van der Waals surface area contributed by atoms with Crippen molar-refractivity contribution in [2.24, 2.45) is 0 Å². The Kier molecular flexibility index (Phi) is 6.18. The molecule has 7 heteroatoms. The lowest BCUT2D eigenvalue weighted by Gasteiger charge is -2.38. The molecule has 0 atom stereocenters. The molecule has 7 nitrogen and oxygen atoms in total. The molecule has 2 aliphatic heterocycles. The summed E-state index contributed by atoms with van der Waals surface area (Å²) in [7, 11) is 1.49. The first-order valence-corrected chi connectivity index (χ1v) is 11.4. The van der Waals surface area contributed by atoms with Crippen LogP contribution in [-0.2, 0) is 14.3 Å². The Bertz CT molecular complexity index is 1140. The standard InChI is InChI=1S/C27H27N3O4/c1-33-18-25(31)28-19-10-12-20(13-11-19)29-14-16-30(17-15-29)27(32)26-21-6-2-4-8-23(21)34-24-9-5-3-7-22(24)26/h2-13,26H,14-18H2,1H3,(H,28,31). The lowest BCUT2D eigenvalue weighted by atomic mass is 9.86. The van der Waals surface area contributed by atoms with Crippen LogP contribution in [0.25, 0.3) is 0 Å². The molecular weight excluding hydrogens is 430 g/mol. The number of nitrogens with zero attached hydrogens (tertiary/aromatic N) is 2. The molecule has 3 aromatic rings. The van der Waals surface area contributed by atoms with Crippen LogP contribution in [0.4, 0.5) is 11.4 Å². The van der Waals surface area contributed by atoms with Gasteiger partial charge in [-0.05, 0) is 36.4 Å². The summed E-state index contributed by atoms with van der Waals surface area (Å²) in [6, 6.07) is 23.3. The van der Waals surface area contributed by atoms with Gasteiger partial charge in [-0.1, -0.05) is 36.4 Å². The molecule has 0 saturated carbocycles. The largest absolute Gasteiger partial charge is 0.457 e. The van der Waals surface area contributed by atoms with Gasteiger partial charge >= 0.3 is 0 Å². The van der Waals surface area contributed by atoms with Gasteiger partial charge in [-0.15, -0.1) is 0 Å². The molecule has 5 rings (SSSR count). The maximum Gasteiger partial charge on any atom is 0.250 e. The van der Waals surface area contributed by atoms with Crippen molar-refractivity contribution in [3.63, 3.8) is 0 Å². The lowest BCUT2D eigenvalue weighted by molar-refractivity contribution is -0.132. The Morgan fingerprint density at radius 3 is 2.06 bits per heavy atom. The SMILES string of the molecule is COCC(=O)Nc1ccc(N2CCN(C(=O)C3c4ccccc4Oc4ccccc43)CC2)cc1. The van der Waals surface area contributed by atoms with E-state index < -0.39 is 0 Å². The molecule has 3 aromatic carbocycles. The summed E-state index contributed by atoms with van der Waals surface area (Å²) < 4.78 is 10.9. The van der Waals surface area contributed by atoms with Crippen LogP contribution in [0.5, 0.6) is 11.5 Å². The zero-order chi connectivity index (χ0) is 23.5. The summed E-state index contributed by atoms with van der Waals surface area (Å²) in [5, 5.41) is 2.80. The topological polar surface area (TPSA) is 71.1 Å². The van der Waals surface area contributed by atoms with Crippen molar-refractivity contribution in [2.45, 2.75) is 5.92 Å². The number of fused-ring (bicyclic) bond motifs is 2. The third-order valence-corrected chi connectivity index (χ3v) is 6.31. The molecular formula is C27H27N3O4. The van der Waals surface area contributed by atoms with Crippen molar-refractivity contribution in [3.05, 3.63) is 83.9 Å². The molecule has 0 unspecified atom stereocenters. The quantitative estimate of drug-likeness (QED) is 0.630. The molecule has 0 radical (unpaired) electrons. The number of para-hydroxylation sites is 2. The summed E-state index contributed by atoms with van der Waals surface area (Å²) in [6.07, 6.45) is 0. The summed E-state index contributed by atoms with van der Waals surface area (Å²) in [5.74, 6) is 1.06. The van der Waals surface area contributed by atoms with E-state index in [0.717, 1.165) is 47.1 Å². The first kappa shape index (κ1) is 22.0. The second kappa shape index (κ2) is 9.57. The second-order valence-corrected chi connectivity index (χ2v) is 8.45. The number of methoxy groups -OCH3 is 1. The minimum Gasteiger partial charge on any atom is -0.457 e. The number of nitrogens with one attached hydrogen (secondary N) is 1. The van der Waals surface area contributed by atoms with Gasteiger partial charge in [0.25, 0.3) is 0 Å². The molecule has 2 amide bonds. The van der Waals surface area contributed by atoms with E-state index in [-0.39, 0.29) is 24.3 Å². The van der Waals surface area contributed by atoms with Crippen LogP contribution in [0.3, 0.4) is 0 Å². The molecule has 2 aliphatic rings. The van der Waals surface area contributed by atoms with Crippen LogP contribution in [-0.4, -0.2) is 56.6 Å². The fraction of sp³-hybridized carbons (Fsp3) is 0.259. The van der Waals surface area contributed by atoms with Gasteiger partial charge in [-0.2, -0.15) is 0 Å². The first-order valence-electron chi connectivity index (χ1n) is 11.4. The Balaban J connectivity index is 1.27. The van der Waals surface area contributed by atoms with Crippen LogP contribution < -0.4 is 15.0 Å². The van der Waals surface area contributed by atoms with Gasteiger partial charge in [0.1, 0.15) is 18.1 Å². The third-order valence-electron chi connectivity index (χ3n) is 6.31. The molecule has 1 N–H and O–H groups in total. The number of rotatable bonds is 5. The van der Waals surface area contributed by atoms with Gasteiger partial charge in [-0.25, -0.2) is 0 Å². The van der Waals surface area contributed by atoms with Crippen LogP contribution in [0, 0.1) is 0 Å². The number of amides is 2. The Morgan fingerprint density at radius 2 is 1.47 bits per heavy atom. The number of carbonyl (C=O) groups is 2. The molecule has 1 saturated heterocycles. The molecule has 0 spiro atoms. The molecule has 0 aliphatic carbocycles. The number of carbonyl (C=O) groups excluding carboxylic acids is 2. The maximum absolute atomic E-state index is 13.7. The van der Waals surface area contributed by atoms with Crippen molar-refractivity contribution in [3.8, 4) is 11.5 Å². The average molecular weight is 458 g/mol. The van der Waals surface area contributed by atoms with Crippen molar-refractivity contribution < 1.29 is 19.1 Å². The second-order valence-electron chi connectivity index (χ2n) is 8.45. The monoisotopic (exact) mass is 457 g/mol. The fourth-order valence-corrected chi connectivity index (χ4v) is 4.63. The van der Waals surface area contributed by atoms with Crippen LogP contribution >= 0.6 is 0 Å². The molecule has 1 fully saturated rings. The van der Waals surface area contributed by atoms with Gasteiger partial charge < -0.3 is 24.6 Å². The normalized spacial score (nSPS) is 15.2. The van der Waals surface area contributed by atoms with Gasteiger partial charge in [0.2, 0.25) is 11.8 Å². The minimum absolute atomic E-state index is 0.0276. The van der Waals surface area contributed by atoms with E-state index in [9.17, 15) is 9.59 Å². The number of benzene rings is 3. The number of hydrogen-bond acceptors (Lipinski definition) is 5. The molecule has 2 heterocycles. The molecule has 0 bridgehead atoms. The summed E-state index contributed by atoms with van der Waals surface area (Å²) in [4.78, 5) is 29.6. The highest BCUT2D eigenvalue weighted by atomic mass is 16.5. The van der Waals surface area contributed by atoms with E-state index >= 15 is 0 Å². The lowest BCUT2D eigenvalue weighted by Crippen LogP contribution is -2.50. The van der Waals surface area contributed by atoms with E-state index in [0.29, 0.717) is 13.1 Å². The Morgan fingerprint density at radius 1 is 0.882 bits per heavy atom. The Labute approximate surface area is 198 Å². The zero-order valence-electron chi connectivity index (χ0n) is 19.1. The molecule has 0 aromatic heterocycles. The van der Waals surface area contributed by atoms with Crippen molar-refractivity contribution >= 4 is 23.2 Å². The fourth-order valence-electron chi connectivity index (χ4n) is 4.63. The Hall–Kier alpha value is -3.84. The van der Waals surface area contributed by atoms with Gasteiger partial charge in [0.15, 0.2) is 0 Å². The van der Waals surface area contributed by atoms with E-state index in [1.807, 2.05) is 77.7 Å². The minimum atomic E-state index is -0.359. The zero-order valence-corrected chi connectivity index (χ0v) is 19.1. The summed E-state index contributed by atoms with van der Waals surface area (Å²) in [5.41, 5.74) is 3.63. The smallest absolute Gasteiger partial charge is 0.250 e. The predicted molar refractivity (Wildman–Crippen MR) is 131 cm³/mol. The van der Waals surface area contributed by atoms with Crippen molar-refractivity contribution in [1.29, 1.82) is 0 Å². The van der Waals surface area contributed by atoms with Crippen molar-refractivity contribution in [1.82, 2.24) is 4.90 Å². The highest BCUT2D eigenvalue weighted by molar-refractivity contribution is 5.92.